The first-order valence-corrected chi connectivity index (χ1v) is 17.2. The van der Waals surface area contributed by atoms with Crippen molar-refractivity contribution in [2.24, 2.45) is 7.05 Å². The molecule has 250 valence electrons. The van der Waals surface area contributed by atoms with E-state index in [0.29, 0.717) is 47.6 Å². The molecule has 0 saturated heterocycles. The van der Waals surface area contributed by atoms with E-state index < -0.39 is 0 Å². The third-order valence-electron chi connectivity index (χ3n) is 8.06. The minimum Gasteiger partial charge on any atom is -0.334 e. The average Bonchev–Trinajstić information content (AvgIpc) is 3.50. The van der Waals surface area contributed by atoms with Crippen LogP contribution in [0.3, 0.4) is 0 Å². The van der Waals surface area contributed by atoms with Crippen LogP contribution in [0.15, 0.2) is 95.4 Å². The largest absolute Gasteiger partial charge is 0.334 e. The average molecular weight is 688 g/mol. The van der Waals surface area contributed by atoms with E-state index in [1.165, 1.54) is 23.9 Å². The molecule has 2 aromatic carbocycles. The molecule has 0 radical (unpaired) electrons. The highest BCUT2D eigenvalue weighted by atomic mass is 35.5. The SMILES string of the molecule is CCN(CC)CCN(Cc1ccc(-c2ccc(Cl)cc2)cn1)C(=O)Cn1cc(Cc2cnn(C)c2)c(=O)nc1SCc1ccc(F)cc1. The fourth-order valence-electron chi connectivity index (χ4n) is 5.25. The number of carbonyl (C=O) groups excluding carboxylic acids is 1. The summed E-state index contributed by atoms with van der Waals surface area (Å²) < 4.78 is 16.9. The van der Waals surface area contributed by atoms with E-state index in [0.717, 1.165) is 41.0 Å². The summed E-state index contributed by atoms with van der Waals surface area (Å²) in [5, 5.41) is 5.31. The van der Waals surface area contributed by atoms with Crippen LogP contribution in [0.5, 0.6) is 0 Å². The number of hydrogen-bond acceptors (Lipinski definition) is 7. The molecule has 0 atom stereocenters. The van der Waals surface area contributed by atoms with E-state index in [1.807, 2.05) is 60.7 Å². The monoisotopic (exact) mass is 687 g/mol. The van der Waals surface area contributed by atoms with Crippen LogP contribution in [-0.4, -0.2) is 66.2 Å². The summed E-state index contributed by atoms with van der Waals surface area (Å²) in [4.78, 5) is 40.5. The normalized spacial score (nSPS) is 11.3. The molecule has 0 N–H and O–H groups in total. The number of thioether (sulfide) groups is 1. The van der Waals surface area contributed by atoms with Gasteiger partial charge in [0.2, 0.25) is 5.91 Å². The Bertz CT molecular complexity index is 1860. The summed E-state index contributed by atoms with van der Waals surface area (Å²) in [5.41, 5.74) is 4.59. The summed E-state index contributed by atoms with van der Waals surface area (Å²) in [7, 11) is 1.82. The van der Waals surface area contributed by atoms with Crippen LogP contribution in [-0.2, 0) is 37.1 Å². The predicted molar refractivity (Wildman–Crippen MR) is 188 cm³/mol. The van der Waals surface area contributed by atoms with Gasteiger partial charge in [0.15, 0.2) is 5.16 Å². The topological polar surface area (TPSA) is 89.1 Å². The Balaban J connectivity index is 1.40. The fourth-order valence-corrected chi connectivity index (χ4v) is 6.29. The maximum atomic E-state index is 14.1. The van der Waals surface area contributed by atoms with Gasteiger partial charge in [-0.15, -0.1) is 0 Å². The zero-order valence-electron chi connectivity index (χ0n) is 27.4. The number of pyridine rings is 1. The summed E-state index contributed by atoms with van der Waals surface area (Å²) in [6, 6.07) is 17.7. The van der Waals surface area contributed by atoms with Gasteiger partial charge in [0.05, 0.1) is 18.4 Å². The fraction of sp³-hybridized carbons (Fsp3) is 0.306. The minimum absolute atomic E-state index is 0.0137. The molecule has 5 aromatic rings. The molecule has 0 saturated carbocycles. The van der Waals surface area contributed by atoms with Crippen molar-refractivity contribution in [1.82, 2.24) is 34.1 Å². The number of aryl methyl sites for hydroxylation is 1. The molecule has 0 spiro atoms. The second kappa shape index (κ2) is 16.7. The molecule has 48 heavy (non-hydrogen) atoms. The van der Waals surface area contributed by atoms with E-state index in [9.17, 15) is 14.0 Å². The van der Waals surface area contributed by atoms with Gasteiger partial charge in [-0.2, -0.15) is 10.1 Å². The quantitative estimate of drug-likeness (QED) is 0.0973. The van der Waals surface area contributed by atoms with Crippen LogP contribution in [0.25, 0.3) is 11.1 Å². The molecule has 12 heteroatoms. The van der Waals surface area contributed by atoms with Crippen LogP contribution in [0, 0.1) is 5.82 Å². The third kappa shape index (κ3) is 9.62. The number of halogens is 2. The summed E-state index contributed by atoms with van der Waals surface area (Å²) in [6.07, 6.45) is 7.45. The highest BCUT2D eigenvalue weighted by Gasteiger charge is 2.20. The van der Waals surface area contributed by atoms with Crippen molar-refractivity contribution in [3.8, 4) is 11.1 Å². The lowest BCUT2D eigenvalue weighted by Gasteiger charge is -2.27. The van der Waals surface area contributed by atoms with Gasteiger partial charge in [0.25, 0.3) is 5.56 Å². The standard InChI is InChI=1S/C36H39ClFN7O2S/c1-4-43(5-2)16-17-44(23-33-15-10-29(20-39-33)28-8-11-31(37)12-9-28)34(46)24-45-22-30(18-27-19-40-42(3)21-27)35(47)41-36(45)48-25-26-6-13-32(38)14-7-26/h6-15,19-22H,4-5,16-18,23-25H2,1-3H3. The summed E-state index contributed by atoms with van der Waals surface area (Å²) in [5.74, 6) is 0.0218. The maximum Gasteiger partial charge on any atom is 0.277 e. The molecule has 0 fully saturated rings. The lowest BCUT2D eigenvalue weighted by molar-refractivity contribution is -0.133. The summed E-state index contributed by atoms with van der Waals surface area (Å²) in [6.45, 7) is 7.49. The Morgan fingerprint density at radius 3 is 2.29 bits per heavy atom. The Hall–Kier alpha value is -4.32. The number of nitrogens with zero attached hydrogens (tertiary/aromatic N) is 7. The zero-order valence-corrected chi connectivity index (χ0v) is 28.9. The zero-order chi connectivity index (χ0) is 34.0. The molecular weight excluding hydrogens is 649 g/mol. The first-order valence-electron chi connectivity index (χ1n) is 15.9. The highest BCUT2D eigenvalue weighted by Crippen LogP contribution is 2.23. The van der Waals surface area contributed by atoms with Crippen molar-refractivity contribution in [1.29, 1.82) is 0 Å². The number of hydrogen-bond donors (Lipinski definition) is 0. The van der Waals surface area contributed by atoms with Crippen molar-refractivity contribution >= 4 is 29.3 Å². The summed E-state index contributed by atoms with van der Waals surface area (Å²) >= 11 is 7.40. The van der Waals surface area contributed by atoms with Gasteiger partial charge >= 0.3 is 0 Å². The van der Waals surface area contributed by atoms with Gasteiger partial charge in [-0.3, -0.25) is 19.3 Å². The Morgan fingerprint density at radius 2 is 1.65 bits per heavy atom. The number of rotatable bonds is 15. The first kappa shape index (κ1) is 35.0. The van der Waals surface area contributed by atoms with Crippen molar-refractivity contribution in [3.05, 3.63) is 129 Å². The van der Waals surface area contributed by atoms with Crippen LogP contribution in [0.2, 0.25) is 5.02 Å². The predicted octanol–water partition coefficient (Wildman–Crippen LogP) is 6.09. The maximum absolute atomic E-state index is 14.1. The Kier molecular flexibility index (Phi) is 12.2. The molecule has 0 bridgehead atoms. The van der Waals surface area contributed by atoms with Crippen LogP contribution in [0.1, 0.15) is 36.2 Å². The van der Waals surface area contributed by atoms with Gasteiger partial charge in [-0.25, -0.2) is 4.39 Å². The number of amides is 1. The van der Waals surface area contributed by atoms with Crippen molar-refractivity contribution in [2.75, 3.05) is 26.2 Å². The molecule has 3 heterocycles. The Labute approximate surface area is 289 Å². The molecular formula is C36H39ClFN7O2S. The smallest absolute Gasteiger partial charge is 0.277 e. The van der Waals surface area contributed by atoms with Gasteiger partial charge < -0.3 is 14.4 Å². The Morgan fingerprint density at radius 1 is 0.917 bits per heavy atom. The highest BCUT2D eigenvalue weighted by molar-refractivity contribution is 7.98. The van der Waals surface area contributed by atoms with Gasteiger partial charge in [-0.05, 0) is 60.1 Å². The van der Waals surface area contributed by atoms with E-state index in [-0.39, 0.29) is 23.8 Å². The molecule has 0 aliphatic rings. The molecule has 0 aliphatic heterocycles. The minimum atomic E-state index is -0.354. The van der Waals surface area contributed by atoms with E-state index >= 15 is 0 Å². The van der Waals surface area contributed by atoms with E-state index in [4.69, 9.17) is 16.6 Å². The second-order valence-corrected chi connectivity index (χ2v) is 12.9. The van der Waals surface area contributed by atoms with Crippen LogP contribution >= 0.6 is 23.4 Å². The number of aromatic nitrogens is 5. The lowest BCUT2D eigenvalue weighted by Crippen LogP contribution is -2.40. The van der Waals surface area contributed by atoms with E-state index in [2.05, 4.69) is 28.8 Å². The second-order valence-electron chi connectivity index (χ2n) is 11.5. The van der Waals surface area contributed by atoms with Crippen molar-refractivity contribution < 1.29 is 9.18 Å². The molecule has 0 unspecified atom stereocenters. The molecule has 9 nitrogen and oxygen atoms in total. The van der Waals surface area contributed by atoms with Gasteiger partial charge in [0.1, 0.15) is 12.4 Å². The molecule has 5 rings (SSSR count). The number of likely N-dealkylation sites (N-methyl/N-ethyl adjacent to an activating group) is 1. The van der Waals surface area contributed by atoms with Crippen molar-refractivity contribution in [2.45, 2.75) is 44.3 Å². The van der Waals surface area contributed by atoms with Gasteiger partial charge in [-0.1, -0.05) is 67.5 Å². The van der Waals surface area contributed by atoms with Crippen molar-refractivity contribution in [3.63, 3.8) is 0 Å². The number of carbonyl (C=O) groups is 1. The molecule has 1 amide bonds. The molecule has 0 aliphatic carbocycles. The first-order chi connectivity index (χ1) is 23.2. The molecule has 3 aromatic heterocycles. The number of benzene rings is 2. The third-order valence-corrected chi connectivity index (χ3v) is 9.37. The van der Waals surface area contributed by atoms with Crippen LogP contribution in [0.4, 0.5) is 4.39 Å². The lowest BCUT2D eigenvalue weighted by atomic mass is 10.1. The van der Waals surface area contributed by atoms with Gasteiger partial charge in [0, 0.05) is 67.1 Å². The van der Waals surface area contributed by atoms with Crippen LogP contribution < -0.4 is 5.56 Å². The van der Waals surface area contributed by atoms with E-state index in [1.54, 1.807) is 33.8 Å².